The minimum absolute atomic E-state index is 0.211. The first kappa shape index (κ1) is 11.7. The standard InChI is InChI=1S/C12H22N2O2/c1-10-4-3-5-11(2)14(10)12(15)13-6-8-16-9-7-13/h10-11H,3-9H2,1-2H3. The van der Waals surface area contributed by atoms with Crippen LogP contribution in [-0.2, 0) is 4.74 Å². The first-order valence-electron chi connectivity index (χ1n) is 6.35. The quantitative estimate of drug-likeness (QED) is 0.630. The molecule has 2 heterocycles. The number of likely N-dealkylation sites (tertiary alicyclic amines) is 1. The highest BCUT2D eigenvalue weighted by atomic mass is 16.5. The molecule has 0 bridgehead atoms. The van der Waals surface area contributed by atoms with Crippen LogP contribution >= 0.6 is 0 Å². The summed E-state index contributed by atoms with van der Waals surface area (Å²) in [5.41, 5.74) is 0. The zero-order chi connectivity index (χ0) is 11.5. The largest absolute Gasteiger partial charge is 0.378 e. The fourth-order valence-electron chi connectivity index (χ4n) is 2.72. The number of ether oxygens (including phenoxy) is 1. The SMILES string of the molecule is CC1CCCC(C)N1C(=O)N1CCOCC1. The second-order valence-corrected chi connectivity index (χ2v) is 4.92. The Morgan fingerprint density at radius 3 is 2.25 bits per heavy atom. The molecular formula is C12H22N2O2. The van der Waals surface area contributed by atoms with Crippen LogP contribution in [0.4, 0.5) is 4.79 Å². The van der Waals surface area contributed by atoms with Gasteiger partial charge in [0.05, 0.1) is 13.2 Å². The van der Waals surface area contributed by atoms with Crippen LogP contribution in [0.3, 0.4) is 0 Å². The minimum atomic E-state index is 0.211. The van der Waals surface area contributed by atoms with Crippen LogP contribution in [0, 0.1) is 0 Å². The summed E-state index contributed by atoms with van der Waals surface area (Å²) < 4.78 is 5.28. The van der Waals surface area contributed by atoms with Gasteiger partial charge in [0.1, 0.15) is 0 Å². The normalized spacial score (nSPS) is 31.6. The Balaban J connectivity index is 2.00. The van der Waals surface area contributed by atoms with Crippen LogP contribution < -0.4 is 0 Å². The Morgan fingerprint density at radius 2 is 1.69 bits per heavy atom. The molecule has 0 radical (unpaired) electrons. The van der Waals surface area contributed by atoms with E-state index in [0.29, 0.717) is 25.3 Å². The van der Waals surface area contributed by atoms with Crippen molar-refractivity contribution in [1.82, 2.24) is 9.80 Å². The second kappa shape index (κ2) is 5.04. The Kier molecular flexibility index (Phi) is 3.69. The third-order valence-electron chi connectivity index (χ3n) is 3.70. The molecule has 2 atom stereocenters. The van der Waals surface area contributed by atoms with Gasteiger partial charge in [0.25, 0.3) is 0 Å². The summed E-state index contributed by atoms with van der Waals surface area (Å²) in [6.07, 6.45) is 3.52. The monoisotopic (exact) mass is 226 g/mol. The summed E-state index contributed by atoms with van der Waals surface area (Å²) in [7, 11) is 0. The average Bonchev–Trinajstić information content (AvgIpc) is 2.30. The van der Waals surface area contributed by atoms with Crippen molar-refractivity contribution in [1.29, 1.82) is 0 Å². The van der Waals surface area contributed by atoms with Gasteiger partial charge in [0.15, 0.2) is 0 Å². The first-order valence-corrected chi connectivity index (χ1v) is 6.35. The fourth-order valence-corrected chi connectivity index (χ4v) is 2.72. The highest BCUT2D eigenvalue weighted by Crippen LogP contribution is 2.24. The first-order chi connectivity index (χ1) is 7.70. The summed E-state index contributed by atoms with van der Waals surface area (Å²) in [5.74, 6) is 0. The van der Waals surface area contributed by atoms with Gasteiger partial charge in [0.2, 0.25) is 0 Å². The van der Waals surface area contributed by atoms with E-state index in [1.165, 1.54) is 6.42 Å². The smallest absolute Gasteiger partial charge is 0.320 e. The summed E-state index contributed by atoms with van der Waals surface area (Å²) in [6.45, 7) is 7.18. The zero-order valence-electron chi connectivity index (χ0n) is 10.3. The number of urea groups is 1. The van der Waals surface area contributed by atoms with Crippen molar-refractivity contribution in [2.75, 3.05) is 26.3 Å². The molecule has 2 aliphatic rings. The fraction of sp³-hybridized carbons (Fsp3) is 0.917. The van der Waals surface area contributed by atoms with Crippen molar-refractivity contribution in [2.24, 2.45) is 0 Å². The molecule has 16 heavy (non-hydrogen) atoms. The molecule has 2 aliphatic heterocycles. The predicted molar refractivity (Wildman–Crippen MR) is 62.4 cm³/mol. The van der Waals surface area contributed by atoms with Crippen LogP contribution in [0.15, 0.2) is 0 Å². The number of morpholine rings is 1. The van der Waals surface area contributed by atoms with Gasteiger partial charge in [-0.3, -0.25) is 0 Å². The summed E-state index contributed by atoms with van der Waals surface area (Å²) in [6, 6.07) is 0.987. The van der Waals surface area contributed by atoms with Crippen molar-refractivity contribution < 1.29 is 9.53 Å². The van der Waals surface area contributed by atoms with E-state index in [-0.39, 0.29) is 6.03 Å². The Hall–Kier alpha value is -0.770. The van der Waals surface area contributed by atoms with E-state index < -0.39 is 0 Å². The summed E-state index contributed by atoms with van der Waals surface area (Å²) in [4.78, 5) is 16.4. The van der Waals surface area contributed by atoms with Crippen LogP contribution in [-0.4, -0.2) is 54.2 Å². The van der Waals surface area contributed by atoms with Crippen LogP contribution in [0.25, 0.3) is 0 Å². The third-order valence-corrected chi connectivity index (χ3v) is 3.70. The number of carbonyl (C=O) groups excluding carboxylic acids is 1. The highest BCUT2D eigenvalue weighted by Gasteiger charge is 2.32. The summed E-state index contributed by atoms with van der Waals surface area (Å²) in [5, 5.41) is 0. The van der Waals surface area contributed by atoms with E-state index in [1.807, 2.05) is 4.90 Å². The summed E-state index contributed by atoms with van der Waals surface area (Å²) >= 11 is 0. The third kappa shape index (κ3) is 2.32. The van der Waals surface area contributed by atoms with Gasteiger partial charge in [-0.2, -0.15) is 0 Å². The molecule has 4 nitrogen and oxygen atoms in total. The number of amides is 2. The molecule has 0 spiro atoms. The topological polar surface area (TPSA) is 32.8 Å². The molecule has 0 aromatic heterocycles. The molecule has 4 heteroatoms. The molecule has 0 saturated carbocycles. The van der Waals surface area contributed by atoms with Crippen molar-refractivity contribution >= 4 is 6.03 Å². The molecule has 92 valence electrons. The lowest BCUT2D eigenvalue weighted by Crippen LogP contribution is -2.55. The van der Waals surface area contributed by atoms with Gasteiger partial charge < -0.3 is 14.5 Å². The second-order valence-electron chi connectivity index (χ2n) is 4.92. The maximum atomic E-state index is 12.4. The molecule has 0 aliphatic carbocycles. The molecule has 0 aromatic rings. The van der Waals surface area contributed by atoms with Crippen LogP contribution in [0.2, 0.25) is 0 Å². The van der Waals surface area contributed by atoms with Crippen molar-refractivity contribution in [3.8, 4) is 0 Å². The van der Waals surface area contributed by atoms with Crippen molar-refractivity contribution in [3.63, 3.8) is 0 Å². The van der Waals surface area contributed by atoms with Crippen LogP contribution in [0.5, 0.6) is 0 Å². The van der Waals surface area contributed by atoms with E-state index >= 15 is 0 Å². The van der Waals surface area contributed by atoms with Crippen LogP contribution in [0.1, 0.15) is 33.1 Å². The van der Waals surface area contributed by atoms with Gasteiger partial charge in [-0.25, -0.2) is 4.79 Å². The highest BCUT2D eigenvalue weighted by molar-refractivity contribution is 5.75. The van der Waals surface area contributed by atoms with E-state index in [0.717, 1.165) is 25.9 Å². The van der Waals surface area contributed by atoms with Gasteiger partial charge in [0, 0.05) is 25.2 Å². The molecule has 2 fully saturated rings. The van der Waals surface area contributed by atoms with E-state index in [9.17, 15) is 4.79 Å². The number of hydrogen-bond donors (Lipinski definition) is 0. The molecular weight excluding hydrogens is 204 g/mol. The Morgan fingerprint density at radius 1 is 1.12 bits per heavy atom. The van der Waals surface area contributed by atoms with Crippen molar-refractivity contribution in [2.45, 2.75) is 45.2 Å². The zero-order valence-corrected chi connectivity index (χ0v) is 10.3. The van der Waals surface area contributed by atoms with Crippen molar-refractivity contribution in [3.05, 3.63) is 0 Å². The number of rotatable bonds is 0. The maximum Gasteiger partial charge on any atom is 0.320 e. The maximum absolute atomic E-state index is 12.4. The number of nitrogens with zero attached hydrogens (tertiary/aromatic N) is 2. The van der Waals surface area contributed by atoms with Gasteiger partial charge in [-0.05, 0) is 33.1 Å². The molecule has 2 rings (SSSR count). The lowest BCUT2D eigenvalue weighted by Gasteiger charge is -2.42. The average molecular weight is 226 g/mol. The van der Waals surface area contributed by atoms with E-state index in [4.69, 9.17) is 4.74 Å². The Bertz CT molecular complexity index is 241. The molecule has 2 amide bonds. The molecule has 0 N–H and O–H groups in total. The molecule has 2 saturated heterocycles. The van der Waals surface area contributed by atoms with E-state index in [1.54, 1.807) is 0 Å². The number of piperidine rings is 1. The lowest BCUT2D eigenvalue weighted by atomic mass is 9.98. The number of hydrogen-bond acceptors (Lipinski definition) is 2. The van der Waals surface area contributed by atoms with Gasteiger partial charge in [-0.15, -0.1) is 0 Å². The minimum Gasteiger partial charge on any atom is -0.378 e. The van der Waals surface area contributed by atoms with Gasteiger partial charge in [-0.1, -0.05) is 0 Å². The molecule has 2 unspecified atom stereocenters. The lowest BCUT2D eigenvalue weighted by molar-refractivity contribution is 0.0293. The Labute approximate surface area is 97.5 Å². The predicted octanol–water partition coefficient (Wildman–Crippen LogP) is 1.70. The van der Waals surface area contributed by atoms with E-state index in [2.05, 4.69) is 18.7 Å². The molecule has 0 aromatic carbocycles. The van der Waals surface area contributed by atoms with Gasteiger partial charge >= 0.3 is 6.03 Å². The number of carbonyl (C=O) groups is 1.